The fourth-order valence-electron chi connectivity index (χ4n) is 2.85. The molecule has 5 nitrogen and oxygen atoms in total. The molecule has 2 aromatic carbocycles. The Hall–Kier alpha value is -2.22. The third kappa shape index (κ3) is 5.14. The maximum Gasteiger partial charge on any atom is 0.191 e. The number of ether oxygens (including phenoxy) is 1. The van der Waals surface area contributed by atoms with Crippen molar-refractivity contribution >= 4 is 40.8 Å². The number of rotatable bonds is 6. The Morgan fingerprint density at radius 3 is 2.62 bits per heavy atom. The van der Waals surface area contributed by atoms with Crippen LogP contribution in [0.25, 0.3) is 10.9 Å². The summed E-state index contributed by atoms with van der Waals surface area (Å²) in [6.45, 7) is 1.48. The maximum absolute atomic E-state index is 5.39. The normalized spacial score (nSPS) is 11.1. The lowest BCUT2D eigenvalue weighted by Gasteiger charge is -2.12. The van der Waals surface area contributed by atoms with E-state index in [1.807, 2.05) is 30.3 Å². The molecule has 0 saturated carbocycles. The molecule has 0 saturated heterocycles. The largest absolute Gasteiger partial charge is 0.496 e. The summed E-state index contributed by atoms with van der Waals surface area (Å²) < 4.78 is 5.39. The van der Waals surface area contributed by atoms with E-state index in [0.717, 1.165) is 35.9 Å². The Bertz CT molecular complexity index is 827. The molecule has 0 unspecified atom stereocenters. The number of hydrogen-bond acceptors (Lipinski definition) is 2. The number of fused-ring (bicyclic) bond motifs is 1. The Balaban J connectivity index is 0.00000243. The van der Waals surface area contributed by atoms with Crippen molar-refractivity contribution in [2.24, 2.45) is 4.99 Å². The first-order chi connectivity index (χ1) is 12.3. The summed E-state index contributed by atoms with van der Waals surface area (Å²) in [4.78, 5) is 7.69. The second-order valence-corrected chi connectivity index (χ2v) is 5.80. The number of nitrogens with zero attached hydrogens (tertiary/aromatic N) is 1. The number of benzene rings is 2. The Morgan fingerprint density at radius 2 is 1.85 bits per heavy atom. The number of aromatic amines is 1. The van der Waals surface area contributed by atoms with Crippen LogP contribution in [-0.2, 0) is 13.0 Å². The minimum atomic E-state index is 0. The third-order valence-corrected chi connectivity index (χ3v) is 4.13. The highest BCUT2D eigenvalue weighted by Gasteiger charge is 2.04. The van der Waals surface area contributed by atoms with E-state index in [0.29, 0.717) is 6.54 Å². The molecule has 3 N–H and O–H groups in total. The van der Waals surface area contributed by atoms with E-state index in [1.165, 1.54) is 10.9 Å². The molecule has 1 heterocycles. The zero-order chi connectivity index (χ0) is 17.5. The number of hydrogen-bond donors (Lipinski definition) is 3. The fraction of sp³-hybridized carbons (Fsp3) is 0.250. The SMILES string of the molecule is CN=C(NCCc1ccccc1OC)NCc1cc2ccccc2[nH]1.I. The van der Waals surface area contributed by atoms with Crippen molar-refractivity contribution in [3.8, 4) is 5.75 Å². The lowest BCUT2D eigenvalue weighted by molar-refractivity contribution is 0.409. The molecule has 0 aliphatic rings. The highest BCUT2D eigenvalue weighted by molar-refractivity contribution is 14.0. The molecule has 3 aromatic rings. The summed E-state index contributed by atoms with van der Waals surface area (Å²) >= 11 is 0. The molecule has 0 amide bonds. The van der Waals surface area contributed by atoms with Gasteiger partial charge in [0.25, 0.3) is 0 Å². The fourth-order valence-corrected chi connectivity index (χ4v) is 2.85. The van der Waals surface area contributed by atoms with Gasteiger partial charge in [-0.25, -0.2) is 0 Å². The summed E-state index contributed by atoms with van der Waals surface area (Å²) in [6.07, 6.45) is 0.872. The monoisotopic (exact) mass is 464 g/mol. The van der Waals surface area contributed by atoms with E-state index >= 15 is 0 Å². The van der Waals surface area contributed by atoms with Crippen LogP contribution in [0.15, 0.2) is 59.6 Å². The lowest BCUT2D eigenvalue weighted by atomic mass is 10.1. The molecular formula is C20H25IN4O. The first-order valence-electron chi connectivity index (χ1n) is 8.43. The van der Waals surface area contributed by atoms with E-state index < -0.39 is 0 Å². The van der Waals surface area contributed by atoms with Gasteiger partial charge in [-0.3, -0.25) is 4.99 Å². The number of aromatic nitrogens is 1. The van der Waals surface area contributed by atoms with Crippen molar-refractivity contribution in [2.45, 2.75) is 13.0 Å². The van der Waals surface area contributed by atoms with Crippen LogP contribution in [0.4, 0.5) is 0 Å². The Labute approximate surface area is 171 Å². The minimum absolute atomic E-state index is 0. The zero-order valence-electron chi connectivity index (χ0n) is 15.1. The molecule has 3 rings (SSSR count). The van der Waals surface area contributed by atoms with Gasteiger partial charge >= 0.3 is 0 Å². The number of nitrogens with one attached hydrogen (secondary N) is 3. The maximum atomic E-state index is 5.39. The van der Waals surface area contributed by atoms with Gasteiger partial charge in [0.2, 0.25) is 0 Å². The van der Waals surface area contributed by atoms with Gasteiger partial charge in [-0.2, -0.15) is 0 Å². The van der Waals surface area contributed by atoms with Crippen molar-refractivity contribution < 1.29 is 4.74 Å². The molecule has 138 valence electrons. The molecule has 1 aromatic heterocycles. The summed E-state index contributed by atoms with van der Waals surface area (Å²) in [5.74, 6) is 1.71. The average Bonchev–Trinajstić information content (AvgIpc) is 3.07. The molecule has 0 aliphatic carbocycles. The van der Waals surface area contributed by atoms with Crippen molar-refractivity contribution in [1.82, 2.24) is 15.6 Å². The molecule has 0 aliphatic heterocycles. The summed E-state index contributed by atoms with van der Waals surface area (Å²) in [7, 11) is 3.48. The van der Waals surface area contributed by atoms with Crippen LogP contribution in [0.3, 0.4) is 0 Å². The Kier molecular flexibility index (Phi) is 7.77. The number of aliphatic imine (C=N–C) groups is 1. The topological polar surface area (TPSA) is 61.4 Å². The molecule has 0 atom stereocenters. The van der Waals surface area contributed by atoms with Crippen LogP contribution >= 0.6 is 24.0 Å². The number of para-hydroxylation sites is 2. The van der Waals surface area contributed by atoms with Crippen LogP contribution in [0.5, 0.6) is 5.75 Å². The average molecular weight is 464 g/mol. The van der Waals surface area contributed by atoms with Crippen LogP contribution in [0.2, 0.25) is 0 Å². The van der Waals surface area contributed by atoms with Crippen molar-refractivity contribution in [2.75, 3.05) is 20.7 Å². The highest BCUT2D eigenvalue weighted by Crippen LogP contribution is 2.17. The molecule has 0 fully saturated rings. The van der Waals surface area contributed by atoms with Crippen LogP contribution < -0.4 is 15.4 Å². The highest BCUT2D eigenvalue weighted by atomic mass is 127. The summed E-state index contributed by atoms with van der Waals surface area (Å²) in [5, 5.41) is 7.90. The lowest BCUT2D eigenvalue weighted by Crippen LogP contribution is -2.37. The van der Waals surface area contributed by atoms with Crippen LogP contribution in [-0.4, -0.2) is 31.6 Å². The van der Waals surface area contributed by atoms with Crippen molar-refractivity contribution in [3.05, 3.63) is 65.9 Å². The smallest absolute Gasteiger partial charge is 0.191 e. The van der Waals surface area contributed by atoms with Crippen molar-refractivity contribution in [1.29, 1.82) is 0 Å². The molecule has 26 heavy (non-hydrogen) atoms. The van der Waals surface area contributed by atoms with Gasteiger partial charge in [0.15, 0.2) is 5.96 Å². The number of H-pyrrole nitrogens is 1. The van der Waals surface area contributed by atoms with E-state index in [2.05, 4.69) is 44.9 Å². The summed E-state index contributed by atoms with van der Waals surface area (Å²) in [6, 6.07) is 18.5. The Morgan fingerprint density at radius 1 is 1.08 bits per heavy atom. The number of halogens is 1. The van der Waals surface area contributed by atoms with Gasteiger partial charge in [0, 0.05) is 24.8 Å². The van der Waals surface area contributed by atoms with Crippen molar-refractivity contribution in [3.63, 3.8) is 0 Å². The van der Waals surface area contributed by atoms with Gasteiger partial charge in [-0.15, -0.1) is 24.0 Å². The van der Waals surface area contributed by atoms with Gasteiger partial charge in [-0.1, -0.05) is 36.4 Å². The summed E-state index contributed by atoms with van der Waals surface area (Å²) in [5.41, 5.74) is 3.47. The number of guanidine groups is 1. The van der Waals surface area contributed by atoms with E-state index in [-0.39, 0.29) is 24.0 Å². The third-order valence-electron chi connectivity index (χ3n) is 4.13. The molecule has 6 heteroatoms. The van der Waals surface area contributed by atoms with Crippen LogP contribution in [0.1, 0.15) is 11.3 Å². The second-order valence-electron chi connectivity index (χ2n) is 5.80. The predicted molar refractivity (Wildman–Crippen MR) is 119 cm³/mol. The number of methoxy groups -OCH3 is 1. The molecule has 0 bridgehead atoms. The minimum Gasteiger partial charge on any atom is -0.496 e. The standard InChI is InChI=1S/C20H24N4O.HI/c1-21-20(22-12-11-15-7-4-6-10-19(15)25-2)23-14-17-13-16-8-3-5-9-18(16)24-17;/h3-10,13,24H,11-12,14H2,1-2H3,(H2,21,22,23);1H. The van der Waals surface area contributed by atoms with Gasteiger partial charge in [0.1, 0.15) is 5.75 Å². The quantitative estimate of drug-likeness (QED) is 0.296. The van der Waals surface area contributed by atoms with Crippen LogP contribution in [0, 0.1) is 0 Å². The first kappa shape index (κ1) is 20.1. The van der Waals surface area contributed by atoms with E-state index in [9.17, 15) is 0 Å². The predicted octanol–water partition coefficient (Wildman–Crippen LogP) is 3.70. The first-order valence-corrected chi connectivity index (χ1v) is 8.43. The molecular weight excluding hydrogens is 439 g/mol. The van der Waals surface area contributed by atoms with E-state index in [1.54, 1.807) is 14.2 Å². The molecule has 0 radical (unpaired) electrons. The zero-order valence-corrected chi connectivity index (χ0v) is 17.4. The second kappa shape index (κ2) is 10.1. The van der Waals surface area contributed by atoms with E-state index in [4.69, 9.17) is 4.74 Å². The van der Waals surface area contributed by atoms with Gasteiger partial charge < -0.3 is 20.4 Å². The van der Waals surface area contributed by atoms with Gasteiger partial charge in [0.05, 0.1) is 13.7 Å². The molecule has 0 spiro atoms. The van der Waals surface area contributed by atoms with Gasteiger partial charge in [-0.05, 0) is 35.6 Å².